The summed E-state index contributed by atoms with van der Waals surface area (Å²) in [6.07, 6.45) is 2.59. The van der Waals surface area contributed by atoms with Gasteiger partial charge in [0.15, 0.2) is 11.5 Å². The van der Waals surface area contributed by atoms with E-state index in [2.05, 4.69) is 10.2 Å². The Hall–Kier alpha value is -3.82. The average molecular weight is 443 g/mol. The second kappa shape index (κ2) is 9.54. The van der Waals surface area contributed by atoms with Crippen LogP contribution in [0.25, 0.3) is 11.3 Å². The van der Waals surface area contributed by atoms with Crippen molar-refractivity contribution in [3.8, 4) is 22.8 Å². The van der Waals surface area contributed by atoms with Gasteiger partial charge in [-0.15, -0.1) is 0 Å². The number of ether oxygens (including phenoxy) is 3. The van der Waals surface area contributed by atoms with Gasteiger partial charge >= 0.3 is 11.9 Å². The number of aromatic amines is 1. The molecule has 0 saturated carbocycles. The van der Waals surface area contributed by atoms with Gasteiger partial charge < -0.3 is 23.9 Å². The average Bonchev–Trinajstić information content (AvgIpc) is 3.15. The number of nitrogens with one attached hydrogen (secondary N) is 1. The zero-order chi connectivity index (χ0) is 23.4. The number of fused-ring (bicyclic) bond motifs is 1. The Morgan fingerprint density at radius 2 is 1.94 bits per heavy atom. The van der Waals surface area contributed by atoms with Crippen LogP contribution in [0.15, 0.2) is 35.4 Å². The summed E-state index contributed by atoms with van der Waals surface area (Å²) in [7, 11) is 2.71. The maximum atomic E-state index is 12.3. The summed E-state index contributed by atoms with van der Waals surface area (Å²) < 4.78 is 17.5. The van der Waals surface area contributed by atoms with Gasteiger partial charge in [-0.3, -0.25) is 9.59 Å². The molecule has 0 fully saturated rings. The third kappa shape index (κ3) is 4.74. The maximum Gasteiger partial charge on any atom is 0.341 e. The number of carboxylic acids is 1. The van der Waals surface area contributed by atoms with Crippen LogP contribution >= 0.6 is 0 Å². The van der Waals surface area contributed by atoms with Crippen LogP contribution in [-0.4, -0.2) is 52.6 Å². The lowest BCUT2D eigenvalue weighted by molar-refractivity contribution is -0.137. The number of H-pyrrole nitrogens is 1. The fourth-order valence-corrected chi connectivity index (χ4v) is 3.32. The number of aliphatic carboxylic acids is 1. The Labute approximate surface area is 184 Å². The molecule has 2 N–H and O–H groups in total. The zero-order valence-electron chi connectivity index (χ0n) is 18.2. The van der Waals surface area contributed by atoms with Crippen molar-refractivity contribution >= 4 is 11.9 Å². The van der Waals surface area contributed by atoms with Crippen LogP contribution in [0.4, 0.5) is 0 Å². The van der Waals surface area contributed by atoms with Gasteiger partial charge in [0.2, 0.25) is 0 Å². The number of hydrogen-bond donors (Lipinski definition) is 2. The lowest BCUT2D eigenvalue weighted by Crippen LogP contribution is -2.19. The van der Waals surface area contributed by atoms with E-state index in [9.17, 15) is 19.5 Å². The number of nitrogens with zero attached hydrogens (tertiary/aromatic N) is 2. The Kier molecular flexibility index (Phi) is 6.82. The van der Waals surface area contributed by atoms with Crippen molar-refractivity contribution in [3.63, 3.8) is 0 Å². The fourth-order valence-electron chi connectivity index (χ4n) is 3.32. The van der Waals surface area contributed by atoms with E-state index < -0.39 is 23.5 Å². The van der Waals surface area contributed by atoms with Crippen molar-refractivity contribution < 1.29 is 28.9 Å². The Morgan fingerprint density at radius 3 is 2.56 bits per heavy atom. The second-order valence-corrected chi connectivity index (χ2v) is 7.65. The summed E-state index contributed by atoms with van der Waals surface area (Å²) in [6.45, 7) is 4.54. The first-order chi connectivity index (χ1) is 15.2. The van der Waals surface area contributed by atoms with E-state index in [-0.39, 0.29) is 23.2 Å². The van der Waals surface area contributed by atoms with Crippen molar-refractivity contribution in [3.05, 3.63) is 52.1 Å². The van der Waals surface area contributed by atoms with Gasteiger partial charge in [-0.05, 0) is 23.6 Å². The largest absolute Gasteiger partial charge is 0.493 e. The van der Waals surface area contributed by atoms with Crippen molar-refractivity contribution in [1.29, 1.82) is 0 Å². The zero-order valence-corrected chi connectivity index (χ0v) is 18.2. The van der Waals surface area contributed by atoms with Crippen molar-refractivity contribution in [2.75, 3.05) is 20.8 Å². The fraction of sp³-hybridized carbons (Fsp3) is 0.364. The van der Waals surface area contributed by atoms with Gasteiger partial charge in [0.05, 0.1) is 38.9 Å². The molecule has 0 saturated heterocycles. The molecule has 2 heterocycles. The van der Waals surface area contributed by atoms with Crippen LogP contribution in [0.1, 0.15) is 42.2 Å². The first kappa shape index (κ1) is 22.9. The number of esters is 1. The smallest absolute Gasteiger partial charge is 0.341 e. The van der Waals surface area contributed by atoms with E-state index in [1.54, 1.807) is 18.2 Å². The van der Waals surface area contributed by atoms with E-state index in [0.29, 0.717) is 29.6 Å². The predicted molar refractivity (Wildman–Crippen MR) is 115 cm³/mol. The minimum atomic E-state index is -1.06. The van der Waals surface area contributed by atoms with Crippen LogP contribution in [0.5, 0.6) is 11.5 Å². The highest BCUT2D eigenvalue weighted by Crippen LogP contribution is 2.34. The first-order valence-corrected chi connectivity index (χ1v) is 9.95. The normalized spacial score (nSPS) is 12.0. The highest BCUT2D eigenvalue weighted by molar-refractivity contribution is 5.96. The minimum Gasteiger partial charge on any atom is -0.493 e. The van der Waals surface area contributed by atoms with Crippen LogP contribution in [0.2, 0.25) is 0 Å². The van der Waals surface area contributed by atoms with E-state index in [1.807, 2.05) is 13.8 Å². The molecule has 10 nitrogen and oxygen atoms in total. The summed E-state index contributed by atoms with van der Waals surface area (Å²) in [4.78, 5) is 36.2. The van der Waals surface area contributed by atoms with Crippen LogP contribution in [0.3, 0.4) is 0 Å². The molecule has 1 unspecified atom stereocenters. The Balaban J connectivity index is 2.13. The van der Waals surface area contributed by atoms with Crippen LogP contribution < -0.4 is 15.0 Å². The molecule has 0 aliphatic carbocycles. The number of pyridine rings is 1. The van der Waals surface area contributed by atoms with E-state index >= 15 is 0 Å². The van der Waals surface area contributed by atoms with Crippen molar-refractivity contribution in [1.82, 2.24) is 14.8 Å². The number of benzene rings is 1. The molecule has 32 heavy (non-hydrogen) atoms. The lowest BCUT2D eigenvalue weighted by Gasteiger charge is -2.23. The number of aromatic nitrogens is 3. The molecule has 170 valence electrons. The summed E-state index contributed by atoms with van der Waals surface area (Å²) in [5, 5.41) is 15.7. The summed E-state index contributed by atoms with van der Waals surface area (Å²) in [5.41, 5.74) is 0.442. The third-order valence-electron chi connectivity index (χ3n) is 4.86. The van der Waals surface area contributed by atoms with Gasteiger partial charge in [0, 0.05) is 12.4 Å². The summed E-state index contributed by atoms with van der Waals surface area (Å²) in [5.74, 6) is -0.460. The molecule has 2 aliphatic rings. The van der Waals surface area contributed by atoms with Gasteiger partial charge in [0.1, 0.15) is 11.3 Å². The molecule has 0 bridgehead atoms. The Bertz CT molecular complexity index is 1150. The number of methoxy groups -OCH3 is 2. The maximum absolute atomic E-state index is 12.3. The topological polar surface area (TPSA) is 133 Å². The molecule has 0 amide bonds. The lowest BCUT2D eigenvalue weighted by atomic mass is 10.0. The summed E-state index contributed by atoms with van der Waals surface area (Å²) >= 11 is 0. The molecule has 3 rings (SSSR count). The molecular formula is C22H25N3O7. The van der Waals surface area contributed by atoms with Gasteiger partial charge in [-0.2, -0.15) is 5.10 Å². The van der Waals surface area contributed by atoms with Crippen LogP contribution in [-0.2, 0) is 9.53 Å². The molecule has 0 spiro atoms. The Morgan fingerprint density at radius 1 is 1.19 bits per heavy atom. The molecule has 1 aromatic rings. The highest BCUT2D eigenvalue weighted by Gasteiger charge is 2.26. The number of carbonyl (C=O) groups is 2. The SMILES string of the molecule is COC(=O)c1cn(C(CC(=O)O)c2ccc(OCC(C)C)c(OC)c2)cc2c(=O)[nH]nc1-2. The second-order valence-electron chi connectivity index (χ2n) is 7.65. The number of rotatable bonds is 9. The van der Waals surface area contributed by atoms with Gasteiger partial charge in [0.25, 0.3) is 5.56 Å². The molecule has 2 aliphatic heterocycles. The van der Waals surface area contributed by atoms with Crippen molar-refractivity contribution in [2.24, 2.45) is 5.92 Å². The quantitative estimate of drug-likeness (QED) is 0.482. The van der Waals surface area contributed by atoms with E-state index in [0.717, 1.165) is 0 Å². The standard InChI is InChI=1S/C22H25N3O7/c1-12(2)11-32-17-6-5-13(7-18(17)30-3)16(8-19(26)27)25-9-14-20(23-24-21(14)28)15(10-25)22(29)31-4/h5-7,9-10,12,16H,8,11H2,1-4H3,(H,24,28)(H,26,27). The number of hydrogen-bond acceptors (Lipinski definition) is 7. The number of carbonyl (C=O) groups excluding carboxylic acids is 1. The molecule has 1 aromatic carbocycles. The highest BCUT2D eigenvalue weighted by atomic mass is 16.5. The molecule has 10 heteroatoms. The molecule has 0 aromatic heterocycles. The minimum absolute atomic E-state index is 0.0441. The first-order valence-electron chi connectivity index (χ1n) is 9.95. The van der Waals surface area contributed by atoms with Gasteiger partial charge in [-0.25, -0.2) is 9.89 Å². The van der Waals surface area contributed by atoms with Crippen LogP contribution in [0, 0.1) is 5.92 Å². The third-order valence-corrected chi connectivity index (χ3v) is 4.86. The monoisotopic (exact) mass is 443 g/mol. The van der Waals surface area contributed by atoms with Gasteiger partial charge in [-0.1, -0.05) is 19.9 Å². The summed E-state index contributed by atoms with van der Waals surface area (Å²) in [6, 6.07) is 4.38. The molecule has 1 atom stereocenters. The van der Waals surface area contributed by atoms with E-state index in [1.165, 1.54) is 31.2 Å². The molecule has 0 radical (unpaired) electrons. The van der Waals surface area contributed by atoms with E-state index in [4.69, 9.17) is 14.2 Å². The molecular weight excluding hydrogens is 418 g/mol. The number of carboxylic acid groups (broad SMARTS) is 1. The predicted octanol–water partition coefficient (Wildman–Crippen LogP) is 2.57. The van der Waals surface area contributed by atoms with Crippen molar-refractivity contribution in [2.45, 2.75) is 26.3 Å².